The topological polar surface area (TPSA) is 97.8 Å². The summed E-state index contributed by atoms with van der Waals surface area (Å²) in [5, 5.41) is 0. The smallest absolute Gasteiger partial charge is 0.410 e. The Kier molecular flexibility index (Phi) is 7.37. The molecule has 1 N–H and O–H groups in total. The van der Waals surface area contributed by atoms with E-state index in [1.165, 1.54) is 0 Å². The number of carbonyl (C=O) groups excluding carboxylic acids is 1. The molecule has 0 radical (unpaired) electrons. The van der Waals surface area contributed by atoms with Gasteiger partial charge in [0.15, 0.2) is 0 Å². The number of sulfonamides is 1. The summed E-state index contributed by atoms with van der Waals surface area (Å²) in [6.45, 7) is 16.1. The molecule has 1 fully saturated rings. The number of benzene rings is 1. The van der Waals surface area contributed by atoms with Gasteiger partial charge in [-0.25, -0.2) is 17.9 Å². The highest BCUT2D eigenvalue weighted by atomic mass is 32.2. The highest BCUT2D eigenvalue weighted by Crippen LogP contribution is 2.30. The molecule has 0 spiro atoms. The van der Waals surface area contributed by atoms with Gasteiger partial charge in [-0.15, -0.1) is 0 Å². The zero-order valence-corrected chi connectivity index (χ0v) is 22.7. The number of amides is 1. The Morgan fingerprint density at radius 2 is 1.77 bits per heavy atom. The Morgan fingerprint density at radius 3 is 2.31 bits per heavy atom. The molecule has 3 rings (SSSR count). The number of pyridine rings is 1. The molecule has 0 atom stereocenters. The van der Waals surface area contributed by atoms with Crippen LogP contribution in [0.5, 0.6) is 0 Å². The number of hydrogen-bond acceptors (Lipinski definition) is 6. The number of nitrogens with zero attached hydrogens (tertiary/aromatic N) is 2. The fourth-order valence-corrected chi connectivity index (χ4v) is 5.39. The first-order valence-corrected chi connectivity index (χ1v) is 13.2. The maximum absolute atomic E-state index is 13.0. The third-order valence-electron chi connectivity index (χ3n) is 5.26. The highest BCUT2D eigenvalue weighted by Gasteiger charge is 2.44. The van der Waals surface area contributed by atoms with Crippen molar-refractivity contribution in [3.05, 3.63) is 47.7 Å². The summed E-state index contributed by atoms with van der Waals surface area (Å²) in [4.78, 5) is 18.5. The lowest BCUT2D eigenvalue weighted by Gasteiger charge is -2.47. The standard InChI is InChI=1S/C26H37N3O5S/c1-18-9-12-22(35(31,32)28-24(2,3)4)20(13-18)21-11-10-19(14-27-21)15-33-26(8)16-29(17-26)23(30)34-25(5,6)7/h9-14,28H,15-17H2,1-8H3. The molecular weight excluding hydrogens is 466 g/mol. The highest BCUT2D eigenvalue weighted by molar-refractivity contribution is 7.89. The van der Waals surface area contributed by atoms with Gasteiger partial charge in [0.1, 0.15) is 11.2 Å². The molecule has 1 aromatic heterocycles. The molecule has 2 aromatic rings. The molecule has 1 amide bonds. The van der Waals surface area contributed by atoms with Crippen molar-refractivity contribution in [2.24, 2.45) is 0 Å². The quantitative estimate of drug-likeness (QED) is 0.616. The van der Waals surface area contributed by atoms with Crippen molar-refractivity contribution in [1.82, 2.24) is 14.6 Å². The van der Waals surface area contributed by atoms with E-state index in [0.717, 1.165) is 11.1 Å². The van der Waals surface area contributed by atoms with Crippen LogP contribution in [-0.4, -0.2) is 54.2 Å². The molecule has 35 heavy (non-hydrogen) atoms. The minimum absolute atomic E-state index is 0.193. The molecule has 1 aromatic carbocycles. The van der Waals surface area contributed by atoms with Gasteiger partial charge in [-0.1, -0.05) is 17.7 Å². The van der Waals surface area contributed by atoms with E-state index >= 15 is 0 Å². The van der Waals surface area contributed by atoms with Crippen LogP contribution in [0.3, 0.4) is 0 Å². The molecule has 0 unspecified atom stereocenters. The van der Waals surface area contributed by atoms with E-state index in [2.05, 4.69) is 9.71 Å². The number of nitrogens with one attached hydrogen (secondary N) is 1. The van der Waals surface area contributed by atoms with Gasteiger partial charge in [-0.2, -0.15) is 0 Å². The summed E-state index contributed by atoms with van der Waals surface area (Å²) >= 11 is 0. The number of rotatable bonds is 6. The van der Waals surface area contributed by atoms with E-state index in [9.17, 15) is 13.2 Å². The van der Waals surface area contributed by atoms with Crippen LogP contribution in [0.4, 0.5) is 4.79 Å². The van der Waals surface area contributed by atoms with Crippen LogP contribution < -0.4 is 4.72 Å². The molecule has 192 valence electrons. The Morgan fingerprint density at radius 1 is 1.11 bits per heavy atom. The average Bonchev–Trinajstić information content (AvgIpc) is 2.67. The van der Waals surface area contributed by atoms with Gasteiger partial charge >= 0.3 is 6.09 Å². The largest absolute Gasteiger partial charge is 0.444 e. The predicted molar refractivity (Wildman–Crippen MR) is 135 cm³/mol. The molecular formula is C26H37N3O5S. The van der Waals surface area contributed by atoms with Gasteiger partial charge in [0.05, 0.1) is 30.3 Å². The van der Waals surface area contributed by atoms with Gasteiger partial charge in [-0.3, -0.25) is 4.98 Å². The lowest BCUT2D eigenvalue weighted by Crippen LogP contribution is -2.63. The maximum atomic E-state index is 13.0. The number of hydrogen-bond donors (Lipinski definition) is 1. The zero-order chi connectivity index (χ0) is 26.2. The fraction of sp³-hybridized carbons (Fsp3) is 0.538. The molecule has 0 aliphatic carbocycles. The van der Waals surface area contributed by atoms with E-state index < -0.39 is 26.8 Å². The third-order valence-corrected chi connectivity index (χ3v) is 7.07. The zero-order valence-electron chi connectivity index (χ0n) is 21.9. The number of aromatic nitrogens is 1. The summed E-state index contributed by atoms with van der Waals surface area (Å²) in [7, 11) is -3.73. The third kappa shape index (κ3) is 7.25. The molecule has 8 nitrogen and oxygen atoms in total. The maximum Gasteiger partial charge on any atom is 0.410 e. The monoisotopic (exact) mass is 503 g/mol. The van der Waals surface area contributed by atoms with Crippen LogP contribution in [-0.2, 0) is 26.1 Å². The van der Waals surface area contributed by atoms with Gasteiger partial charge in [-0.05, 0) is 79.2 Å². The average molecular weight is 504 g/mol. The van der Waals surface area contributed by atoms with Crippen LogP contribution in [0.2, 0.25) is 0 Å². The first-order valence-electron chi connectivity index (χ1n) is 11.7. The minimum Gasteiger partial charge on any atom is -0.444 e. The van der Waals surface area contributed by atoms with Crippen molar-refractivity contribution >= 4 is 16.1 Å². The van der Waals surface area contributed by atoms with Crippen LogP contribution in [0.15, 0.2) is 41.4 Å². The van der Waals surface area contributed by atoms with Gasteiger partial charge in [0.25, 0.3) is 0 Å². The van der Waals surface area contributed by atoms with E-state index in [1.54, 1.807) is 50.1 Å². The Balaban J connectivity index is 1.69. The Labute approximate surface area is 209 Å². The van der Waals surface area contributed by atoms with E-state index in [-0.39, 0.29) is 11.0 Å². The predicted octanol–water partition coefficient (Wildman–Crippen LogP) is 4.66. The summed E-state index contributed by atoms with van der Waals surface area (Å²) in [5.74, 6) is 0. The molecule has 0 bridgehead atoms. The van der Waals surface area contributed by atoms with Gasteiger partial charge in [0, 0.05) is 17.3 Å². The van der Waals surface area contributed by atoms with Crippen molar-refractivity contribution in [2.45, 2.75) is 83.6 Å². The van der Waals surface area contributed by atoms with Crippen molar-refractivity contribution < 1.29 is 22.7 Å². The molecule has 1 aliphatic rings. The van der Waals surface area contributed by atoms with Crippen molar-refractivity contribution in [3.63, 3.8) is 0 Å². The number of ether oxygens (including phenoxy) is 2. The van der Waals surface area contributed by atoms with Crippen molar-refractivity contribution in [1.29, 1.82) is 0 Å². The van der Waals surface area contributed by atoms with Gasteiger partial charge < -0.3 is 14.4 Å². The fourth-order valence-electron chi connectivity index (χ4n) is 3.77. The van der Waals surface area contributed by atoms with Crippen LogP contribution >= 0.6 is 0 Å². The number of likely N-dealkylation sites (tertiary alicyclic amines) is 1. The lowest BCUT2D eigenvalue weighted by molar-refractivity contribution is -0.135. The number of carbonyl (C=O) groups is 1. The summed E-state index contributed by atoms with van der Waals surface area (Å²) in [6, 6.07) is 8.91. The van der Waals surface area contributed by atoms with Crippen LogP contribution in [0.25, 0.3) is 11.3 Å². The summed E-state index contributed by atoms with van der Waals surface area (Å²) in [5.41, 5.74) is 1.33. The molecule has 1 saturated heterocycles. The molecule has 1 aliphatic heterocycles. The second-order valence-electron chi connectivity index (χ2n) is 11.5. The van der Waals surface area contributed by atoms with E-state index in [0.29, 0.717) is 31.0 Å². The van der Waals surface area contributed by atoms with Crippen LogP contribution in [0, 0.1) is 6.92 Å². The molecule has 0 saturated carbocycles. The summed E-state index contributed by atoms with van der Waals surface area (Å²) in [6.07, 6.45) is 1.35. The first kappa shape index (κ1) is 27.1. The normalized spacial score (nSPS) is 16.1. The van der Waals surface area contributed by atoms with Crippen molar-refractivity contribution in [2.75, 3.05) is 13.1 Å². The van der Waals surface area contributed by atoms with Crippen molar-refractivity contribution in [3.8, 4) is 11.3 Å². The first-order chi connectivity index (χ1) is 16.0. The second kappa shape index (κ2) is 9.52. The SMILES string of the molecule is Cc1ccc(S(=O)(=O)NC(C)(C)C)c(-c2ccc(COC3(C)CN(C(=O)OC(C)(C)C)C3)cn2)c1. The van der Waals surface area contributed by atoms with Gasteiger partial charge in [0.2, 0.25) is 10.0 Å². The Bertz CT molecular complexity index is 1170. The minimum atomic E-state index is -3.73. The second-order valence-corrected chi connectivity index (χ2v) is 13.1. The number of aryl methyl sites for hydroxylation is 1. The van der Waals surface area contributed by atoms with E-state index in [1.807, 2.05) is 46.8 Å². The van der Waals surface area contributed by atoms with Crippen LogP contribution in [0.1, 0.15) is 59.6 Å². The van der Waals surface area contributed by atoms with E-state index in [4.69, 9.17) is 9.47 Å². The molecule has 9 heteroatoms. The molecule has 2 heterocycles. The summed E-state index contributed by atoms with van der Waals surface area (Å²) < 4.78 is 40.2. The Hall–Kier alpha value is -2.49. The lowest BCUT2D eigenvalue weighted by atomic mass is 9.97.